The van der Waals surface area contributed by atoms with E-state index in [1.54, 1.807) is 24.3 Å². The van der Waals surface area contributed by atoms with Gasteiger partial charge in [-0.1, -0.05) is 61.6 Å². The third-order valence-corrected chi connectivity index (χ3v) is 4.69. The number of thiocarbonyl (C=S) groups is 1. The van der Waals surface area contributed by atoms with Crippen molar-refractivity contribution in [1.82, 2.24) is 0 Å². The van der Waals surface area contributed by atoms with Gasteiger partial charge in [-0.15, -0.1) is 0 Å². The van der Waals surface area contributed by atoms with Crippen molar-refractivity contribution in [3.8, 4) is 11.8 Å². The van der Waals surface area contributed by atoms with E-state index in [4.69, 9.17) is 0 Å². The zero-order valence-corrected chi connectivity index (χ0v) is 17.9. The SMILES string of the molecule is CCCc1ccc(C(F)=C(F)c2ccc(C#Cc3cc(F)c(N=C=S)c(F)c3)cc2)cc1. The molecule has 0 aromatic heterocycles. The number of aliphatic imine (C=N–C) groups is 1. The molecule has 0 amide bonds. The maximum Gasteiger partial charge on any atom is 0.166 e. The van der Waals surface area contributed by atoms with Crippen LogP contribution in [0.2, 0.25) is 0 Å². The summed E-state index contributed by atoms with van der Waals surface area (Å²) in [5.74, 6) is 1.61. The lowest BCUT2D eigenvalue weighted by atomic mass is 10.0. The molecule has 0 saturated carbocycles. The Labute approximate surface area is 189 Å². The third kappa shape index (κ3) is 5.59. The molecule has 3 aromatic carbocycles. The van der Waals surface area contributed by atoms with E-state index < -0.39 is 29.0 Å². The molecule has 0 aliphatic rings. The van der Waals surface area contributed by atoms with E-state index >= 15 is 0 Å². The smallest absolute Gasteiger partial charge is 0.166 e. The van der Waals surface area contributed by atoms with Crippen molar-refractivity contribution in [2.75, 3.05) is 0 Å². The summed E-state index contributed by atoms with van der Waals surface area (Å²) in [5, 5.41) is 1.91. The molecule has 0 aliphatic carbocycles. The highest BCUT2D eigenvalue weighted by Crippen LogP contribution is 2.29. The van der Waals surface area contributed by atoms with Gasteiger partial charge in [-0.05, 0) is 48.5 Å². The predicted octanol–water partition coefficient (Wildman–Crippen LogP) is 7.82. The van der Waals surface area contributed by atoms with E-state index in [1.165, 1.54) is 24.3 Å². The van der Waals surface area contributed by atoms with Crippen LogP contribution in [0, 0.1) is 23.5 Å². The van der Waals surface area contributed by atoms with Crippen LogP contribution in [0.15, 0.2) is 65.7 Å². The molecule has 0 bridgehead atoms. The van der Waals surface area contributed by atoms with Crippen LogP contribution < -0.4 is 0 Å². The second-order valence-electron chi connectivity index (χ2n) is 6.89. The number of hydrogen-bond acceptors (Lipinski definition) is 2. The van der Waals surface area contributed by atoms with E-state index in [1.807, 2.05) is 12.1 Å². The average molecular weight is 451 g/mol. The number of halogens is 4. The molecule has 0 unspecified atom stereocenters. The summed E-state index contributed by atoms with van der Waals surface area (Å²) in [6.45, 7) is 2.05. The Morgan fingerprint density at radius 2 is 1.31 bits per heavy atom. The first kappa shape index (κ1) is 23.1. The summed E-state index contributed by atoms with van der Waals surface area (Å²) >= 11 is 4.36. The molecule has 3 rings (SSSR count). The predicted molar refractivity (Wildman–Crippen MR) is 123 cm³/mol. The topological polar surface area (TPSA) is 12.4 Å². The molecule has 6 heteroatoms. The van der Waals surface area contributed by atoms with Crippen LogP contribution in [0.25, 0.3) is 11.7 Å². The fraction of sp³-hybridized carbons (Fsp3) is 0.115. The maximum absolute atomic E-state index is 14.6. The van der Waals surface area contributed by atoms with Gasteiger partial charge in [0.05, 0.1) is 5.16 Å². The first-order valence-electron chi connectivity index (χ1n) is 9.77. The molecule has 32 heavy (non-hydrogen) atoms. The van der Waals surface area contributed by atoms with Crippen LogP contribution in [-0.2, 0) is 6.42 Å². The van der Waals surface area contributed by atoms with Crippen molar-refractivity contribution in [3.63, 3.8) is 0 Å². The first-order valence-corrected chi connectivity index (χ1v) is 10.2. The van der Waals surface area contributed by atoms with Gasteiger partial charge in [0, 0.05) is 22.3 Å². The third-order valence-electron chi connectivity index (χ3n) is 4.60. The number of nitrogens with zero attached hydrogens (tertiary/aromatic N) is 1. The molecular weight excluding hydrogens is 434 g/mol. The Morgan fingerprint density at radius 1 is 0.812 bits per heavy atom. The van der Waals surface area contributed by atoms with Crippen molar-refractivity contribution < 1.29 is 17.6 Å². The number of aryl methyl sites for hydroxylation is 1. The monoisotopic (exact) mass is 451 g/mol. The van der Waals surface area contributed by atoms with E-state index in [0.29, 0.717) is 5.56 Å². The van der Waals surface area contributed by atoms with Crippen molar-refractivity contribution in [1.29, 1.82) is 0 Å². The van der Waals surface area contributed by atoms with Gasteiger partial charge in [0.1, 0.15) is 5.69 Å². The number of rotatable bonds is 5. The average Bonchev–Trinajstić information content (AvgIpc) is 2.80. The lowest BCUT2D eigenvalue weighted by Crippen LogP contribution is -1.88. The quantitative estimate of drug-likeness (QED) is 0.127. The summed E-state index contributed by atoms with van der Waals surface area (Å²) in [6.07, 6.45) is 1.85. The Balaban J connectivity index is 1.81. The van der Waals surface area contributed by atoms with Crippen molar-refractivity contribution >= 4 is 34.7 Å². The normalized spacial score (nSPS) is 11.2. The number of benzene rings is 3. The van der Waals surface area contributed by atoms with Crippen molar-refractivity contribution in [3.05, 3.63) is 100 Å². The van der Waals surface area contributed by atoms with E-state index in [9.17, 15) is 17.6 Å². The van der Waals surface area contributed by atoms with Crippen LogP contribution in [0.1, 0.15) is 41.2 Å². The van der Waals surface area contributed by atoms with E-state index in [-0.39, 0.29) is 16.7 Å². The minimum atomic E-state index is -0.980. The molecule has 0 saturated heterocycles. The second kappa shape index (κ2) is 10.7. The van der Waals surface area contributed by atoms with Gasteiger partial charge < -0.3 is 0 Å². The molecule has 0 radical (unpaired) electrons. The van der Waals surface area contributed by atoms with E-state index in [0.717, 1.165) is 30.5 Å². The molecule has 0 heterocycles. The lowest BCUT2D eigenvalue weighted by Gasteiger charge is -2.04. The van der Waals surface area contributed by atoms with Crippen LogP contribution in [0.5, 0.6) is 0 Å². The van der Waals surface area contributed by atoms with E-state index in [2.05, 4.69) is 29.1 Å². The molecule has 0 aliphatic heterocycles. The number of hydrogen-bond donors (Lipinski definition) is 0. The molecule has 0 fully saturated rings. The summed E-state index contributed by atoms with van der Waals surface area (Å²) in [6, 6.07) is 14.5. The minimum absolute atomic E-state index is 0.0603. The zero-order valence-electron chi connectivity index (χ0n) is 17.1. The molecule has 0 N–H and O–H groups in total. The fourth-order valence-corrected chi connectivity index (χ4v) is 3.09. The Morgan fingerprint density at radius 3 is 1.81 bits per heavy atom. The fourth-order valence-electron chi connectivity index (χ4n) is 2.99. The Bertz CT molecular complexity index is 1240. The van der Waals surface area contributed by atoms with Crippen molar-refractivity contribution in [2.24, 2.45) is 4.99 Å². The summed E-state index contributed by atoms with van der Waals surface area (Å²) in [4.78, 5) is 3.34. The highest BCUT2D eigenvalue weighted by Gasteiger charge is 2.12. The van der Waals surface area contributed by atoms with Gasteiger partial charge in [-0.3, -0.25) is 0 Å². The Hall–Kier alpha value is -3.52. The number of isothiocyanates is 1. The van der Waals surface area contributed by atoms with Gasteiger partial charge in [0.2, 0.25) is 0 Å². The van der Waals surface area contributed by atoms with Gasteiger partial charge in [-0.2, -0.15) is 4.99 Å². The first-order chi connectivity index (χ1) is 15.4. The standard InChI is InChI=1S/C26H17F4NS/c1-2-3-17-6-10-20(11-7-17)24(29)25(30)21-12-8-18(9-13-21)4-5-19-14-22(27)26(31-16-32)23(28)15-19/h6-15H,2-3H2,1H3. The molecule has 0 atom stereocenters. The maximum atomic E-state index is 14.6. The molecular formula is C26H17F4NS. The summed E-state index contributed by atoms with van der Waals surface area (Å²) in [5.41, 5.74) is 1.32. The van der Waals surface area contributed by atoms with Crippen LogP contribution in [-0.4, -0.2) is 5.16 Å². The van der Waals surface area contributed by atoms with Gasteiger partial charge in [-0.25, -0.2) is 17.6 Å². The molecule has 0 spiro atoms. The Kier molecular flexibility index (Phi) is 7.72. The van der Waals surface area contributed by atoms with Gasteiger partial charge in [0.25, 0.3) is 0 Å². The minimum Gasteiger partial charge on any atom is -0.204 e. The molecule has 1 nitrogen and oxygen atoms in total. The summed E-state index contributed by atoms with van der Waals surface area (Å²) in [7, 11) is 0. The molecule has 3 aromatic rings. The van der Waals surface area contributed by atoms with Crippen LogP contribution in [0.4, 0.5) is 23.2 Å². The highest BCUT2D eigenvalue weighted by molar-refractivity contribution is 7.78. The largest absolute Gasteiger partial charge is 0.204 e. The second-order valence-corrected chi connectivity index (χ2v) is 7.08. The zero-order chi connectivity index (χ0) is 23.1. The highest BCUT2D eigenvalue weighted by atomic mass is 32.1. The van der Waals surface area contributed by atoms with Crippen LogP contribution >= 0.6 is 12.2 Å². The van der Waals surface area contributed by atoms with Gasteiger partial charge in [0.15, 0.2) is 23.3 Å². The van der Waals surface area contributed by atoms with Crippen LogP contribution in [0.3, 0.4) is 0 Å². The summed E-state index contributed by atoms with van der Waals surface area (Å²) < 4.78 is 56.9. The van der Waals surface area contributed by atoms with Gasteiger partial charge >= 0.3 is 0 Å². The lowest BCUT2D eigenvalue weighted by molar-refractivity contribution is 0.587. The molecule has 160 valence electrons. The van der Waals surface area contributed by atoms with Crippen molar-refractivity contribution in [2.45, 2.75) is 19.8 Å².